The zero-order chi connectivity index (χ0) is 9.42. The van der Waals surface area contributed by atoms with Gasteiger partial charge in [-0.15, -0.1) is 11.3 Å². The van der Waals surface area contributed by atoms with Gasteiger partial charge in [-0.05, 0) is 6.07 Å². The molecule has 2 aromatic heterocycles. The Morgan fingerprint density at radius 2 is 2.15 bits per heavy atom. The van der Waals surface area contributed by atoms with Gasteiger partial charge in [0.1, 0.15) is 16.3 Å². The van der Waals surface area contributed by atoms with Gasteiger partial charge in [0.05, 0.1) is 0 Å². The molecule has 0 aliphatic carbocycles. The van der Waals surface area contributed by atoms with E-state index in [0.717, 1.165) is 0 Å². The summed E-state index contributed by atoms with van der Waals surface area (Å²) < 4.78 is 0.414. The monoisotopic (exact) mass is 214 g/mol. The van der Waals surface area contributed by atoms with Crippen LogP contribution in [-0.2, 0) is 0 Å². The van der Waals surface area contributed by atoms with Crippen LogP contribution in [0.2, 0.25) is 5.15 Å². The highest BCUT2D eigenvalue weighted by atomic mass is 35.5. The van der Waals surface area contributed by atoms with E-state index in [1.807, 2.05) is 0 Å². The summed E-state index contributed by atoms with van der Waals surface area (Å²) in [7, 11) is -1.48. The van der Waals surface area contributed by atoms with Crippen LogP contribution in [0.3, 0.4) is 0 Å². The van der Waals surface area contributed by atoms with Crippen molar-refractivity contribution in [3.8, 4) is 0 Å². The van der Waals surface area contributed by atoms with E-state index in [9.17, 15) is 0 Å². The van der Waals surface area contributed by atoms with Crippen molar-refractivity contribution in [2.45, 2.75) is 0 Å². The fourth-order valence-corrected chi connectivity index (χ4v) is 2.09. The lowest BCUT2D eigenvalue weighted by Crippen LogP contribution is -2.26. The first-order valence-corrected chi connectivity index (χ1v) is 4.64. The fraction of sp³-hybridized carbons (Fsp3) is 0. The minimum absolute atomic E-state index is 0.327. The maximum absolute atomic E-state index is 8.89. The number of rotatable bonds is 1. The molecule has 0 saturated carbocycles. The molecule has 7 heteroatoms. The number of aromatic nitrogens is 2. The Kier molecular flexibility index (Phi) is 2.21. The summed E-state index contributed by atoms with van der Waals surface area (Å²) in [6.45, 7) is 0. The normalized spacial score (nSPS) is 10.7. The summed E-state index contributed by atoms with van der Waals surface area (Å²) in [6, 6.07) is 1.58. The van der Waals surface area contributed by atoms with Crippen molar-refractivity contribution in [2.75, 3.05) is 0 Å². The second-order valence-electron chi connectivity index (χ2n) is 2.41. The average molecular weight is 214 g/mol. The van der Waals surface area contributed by atoms with Crippen LogP contribution in [0.15, 0.2) is 12.4 Å². The molecule has 2 heterocycles. The molecule has 0 saturated heterocycles. The van der Waals surface area contributed by atoms with E-state index in [2.05, 4.69) is 9.97 Å². The number of hydrogen-bond donors (Lipinski definition) is 2. The molecule has 0 aliphatic heterocycles. The minimum atomic E-state index is -1.48. The van der Waals surface area contributed by atoms with E-state index < -0.39 is 7.12 Å². The quantitative estimate of drug-likeness (QED) is 0.519. The summed E-state index contributed by atoms with van der Waals surface area (Å²) in [4.78, 5) is 8.38. The molecule has 2 aromatic rings. The highest BCUT2D eigenvalue weighted by molar-refractivity contribution is 7.27. The van der Waals surface area contributed by atoms with Crippen molar-refractivity contribution in [1.29, 1.82) is 0 Å². The molecule has 0 aliphatic rings. The Bertz CT molecular complexity index is 447. The highest BCUT2D eigenvalue weighted by Gasteiger charge is 2.16. The van der Waals surface area contributed by atoms with E-state index in [1.165, 1.54) is 17.7 Å². The number of thiophene rings is 1. The van der Waals surface area contributed by atoms with Gasteiger partial charge >= 0.3 is 7.12 Å². The molecule has 2 rings (SSSR count). The molecule has 0 spiro atoms. The van der Waals surface area contributed by atoms with Crippen molar-refractivity contribution in [3.05, 3.63) is 17.5 Å². The second kappa shape index (κ2) is 3.23. The lowest BCUT2D eigenvalue weighted by atomic mass is 9.89. The standard InChI is InChI=1S/C6H4BClN2O2S/c8-5-3-1-4(7(11)12)13-6(3)10-2-9-5/h1-2,11-12H. The molecule has 2 N–H and O–H groups in total. The van der Waals surface area contributed by atoms with Gasteiger partial charge in [-0.1, -0.05) is 11.6 Å². The number of hydrogen-bond acceptors (Lipinski definition) is 5. The van der Waals surface area contributed by atoms with Gasteiger partial charge in [0.2, 0.25) is 0 Å². The van der Waals surface area contributed by atoms with Gasteiger partial charge in [0.15, 0.2) is 0 Å². The third kappa shape index (κ3) is 1.53. The molecule has 13 heavy (non-hydrogen) atoms. The van der Waals surface area contributed by atoms with Crippen LogP contribution in [0.1, 0.15) is 0 Å². The van der Waals surface area contributed by atoms with Gasteiger partial charge in [-0.2, -0.15) is 0 Å². The predicted octanol–water partition coefficient (Wildman–Crippen LogP) is 0.0245. The molecule has 0 radical (unpaired) electrons. The van der Waals surface area contributed by atoms with Gasteiger partial charge in [-0.3, -0.25) is 0 Å². The van der Waals surface area contributed by atoms with E-state index in [-0.39, 0.29) is 0 Å². The van der Waals surface area contributed by atoms with Crippen molar-refractivity contribution in [1.82, 2.24) is 9.97 Å². The Morgan fingerprint density at radius 1 is 1.38 bits per heavy atom. The molecule has 0 unspecified atom stereocenters. The largest absolute Gasteiger partial charge is 0.499 e. The first-order chi connectivity index (χ1) is 6.18. The third-order valence-corrected chi connectivity index (χ3v) is 2.94. The minimum Gasteiger partial charge on any atom is -0.423 e. The van der Waals surface area contributed by atoms with Crippen LogP contribution >= 0.6 is 22.9 Å². The van der Waals surface area contributed by atoms with Crippen LogP contribution in [0, 0.1) is 0 Å². The SMILES string of the molecule is OB(O)c1cc2c(Cl)ncnc2s1. The van der Waals surface area contributed by atoms with E-state index in [4.69, 9.17) is 21.6 Å². The van der Waals surface area contributed by atoms with E-state index >= 15 is 0 Å². The Balaban J connectivity index is 2.68. The average Bonchev–Trinajstić information content (AvgIpc) is 2.49. The molecule has 0 atom stereocenters. The van der Waals surface area contributed by atoms with Crippen LogP contribution in [0.5, 0.6) is 0 Å². The Hall–Kier alpha value is -0.685. The molecule has 66 valence electrons. The molecule has 0 fully saturated rings. The van der Waals surface area contributed by atoms with Crippen molar-refractivity contribution >= 4 is 45.0 Å². The molecular weight excluding hydrogens is 210 g/mol. The fourth-order valence-electron chi connectivity index (χ4n) is 0.973. The zero-order valence-electron chi connectivity index (χ0n) is 6.31. The predicted molar refractivity (Wildman–Crippen MR) is 52.3 cm³/mol. The smallest absolute Gasteiger partial charge is 0.423 e. The van der Waals surface area contributed by atoms with Crippen molar-refractivity contribution in [3.63, 3.8) is 0 Å². The maximum Gasteiger partial charge on any atom is 0.499 e. The highest BCUT2D eigenvalue weighted by Crippen LogP contribution is 2.22. The van der Waals surface area contributed by atoms with E-state index in [1.54, 1.807) is 6.07 Å². The maximum atomic E-state index is 8.89. The molecule has 0 aromatic carbocycles. The zero-order valence-corrected chi connectivity index (χ0v) is 7.88. The van der Waals surface area contributed by atoms with Crippen LogP contribution in [0.25, 0.3) is 10.2 Å². The summed E-state index contributed by atoms with van der Waals surface area (Å²) >= 11 is 6.95. The van der Waals surface area contributed by atoms with Crippen molar-refractivity contribution in [2.24, 2.45) is 0 Å². The van der Waals surface area contributed by atoms with Crippen LogP contribution < -0.4 is 4.78 Å². The van der Waals surface area contributed by atoms with Crippen LogP contribution in [-0.4, -0.2) is 27.1 Å². The van der Waals surface area contributed by atoms with Gasteiger partial charge in [0.25, 0.3) is 0 Å². The van der Waals surface area contributed by atoms with Crippen LogP contribution in [0.4, 0.5) is 0 Å². The molecular formula is C6H4BClN2O2S. The second-order valence-corrected chi connectivity index (χ2v) is 3.83. The molecule has 0 bridgehead atoms. The number of halogens is 1. The Morgan fingerprint density at radius 3 is 2.77 bits per heavy atom. The summed E-state index contributed by atoms with van der Waals surface area (Å²) in [5.41, 5.74) is 0. The van der Waals surface area contributed by atoms with E-state index in [0.29, 0.717) is 20.1 Å². The topological polar surface area (TPSA) is 66.2 Å². The summed E-state index contributed by atoms with van der Waals surface area (Å²) in [5, 5.41) is 18.8. The summed E-state index contributed by atoms with van der Waals surface area (Å²) in [5.74, 6) is 0. The van der Waals surface area contributed by atoms with Gasteiger partial charge < -0.3 is 10.0 Å². The summed E-state index contributed by atoms with van der Waals surface area (Å²) in [6.07, 6.45) is 1.34. The number of nitrogens with zero attached hydrogens (tertiary/aromatic N) is 2. The Labute approximate surface area is 83.0 Å². The number of fused-ring (bicyclic) bond motifs is 1. The third-order valence-electron chi connectivity index (χ3n) is 1.55. The first kappa shape index (κ1) is 8.89. The molecule has 0 amide bonds. The lowest BCUT2D eigenvalue weighted by molar-refractivity contribution is 0.427. The lowest BCUT2D eigenvalue weighted by Gasteiger charge is -1.88. The molecule has 4 nitrogen and oxygen atoms in total. The first-order valence-electron chi connectivity index (χ1n) is 3.44. The van der Waals surface area contributed by atoms with Crippen molar-refractivity contribution < 1.29 is 10.0 Å². The van der Waals surface area contributed by atoms with Gasteiger partial charge in [-0.25, -0.2) is 9.97 Å². The van der Waals surface area contributed by atoms with Gasteiger partial charge in [0, 0.05) is 10.2 Å².